The molecule has 0 bridgehead atoms. The van der Waals surface area contributed by atoms with E-state index in [1.54, 1.807) is 12.1 Å². The van der Waals surface area contributed by atoms with Crippen LogP contribution in [0.2, 0.25) is 10.0 Å². The predicted octanol–water partition coefficient (Wildman–Crippen LogP) is 2.98. The van der Waals surface area contributed by atoms with E-state index in [0.29, 0.717) is 16.0 Å². The highest BCUT2D eigenvalue weighted by atomic mass is 35.5. The number of benzene rings is 1. The van der Waals surface area contributed by atoms with Gasteiger partial charge in [0.25, 0.3) is 0 Å². The van der Waals surface area contributed by atoms with E-state index in [-0.39, 0.29) is 0 Å². The Morgan fingerprint density at radius 1 is 1.33 bits per heavy atom. The van der Waals surface area contributed by atoms with E-state index in [2.05, 4.69) is 5.32 Å². The van der Waals surface area contributed by atoms with Crippen molar-refractivity contribution in [1.29, 1.82) is 0 Å². The largest absolute Gasteiger partial charge is 0.493 e. The van der Waals surface area contributed by atoms with E-state index >= 15 is 0 Å². The zero-order valence-electron chi connectivity index (χ0n) is 8.30. The molecule has 0 spiro atoms. The zero-order valence-corrected chi connectivity index (χ0v) is 9.81. The first-order valence-corrected chi connectivity index (χ1v) is 5.80. The molecule has 0 radical (unpaired) electrons. The number of hydrogen-bond acceptors (Lipinski definition) is 2. The van der Waals surface area contributed by atoms with E-state index in [4.69, 9.17) is 27.9 Å². The van der Waals surface area contributed by atoms with Crippen molar-refractivity contribution in [2.75, 3.05) is 19.7 Å². The average Bonchev–Trinajstić information content (AvgIpc) is 2.73. The Balaban J connectivity index is 1.90. The molecule has 1 aliphatic rings. The molecule has 2 nitrogen and oxygen atoms in total. The van der Waals surface area contributed by atoms with Crippen LogP contribution >= 0.6 is 23.2 Å². The molecular formula is C11H13Cl2NO. The van der Waals surface area contributed by atoms with Crippen molar-refractivity contribution >= 4 is 23.2 Å². The fraction of sp³-hybridized carbons (Fsp3) is 0.455. The second-order valence-corrected chi connectivity index (χ2v) is 4.56. The van der Waals surface area contributed by atoms with Gasteiger partial charge in [0.2, 0.25) is 0 Å². The van der Waals surface area contributed by atoms with Crippen molar-refractivity contribution in [1.82, 2.24) is 5.32 Å². The molecular weight excluding hydrogens is 233 g/mol. The summed E-state index contributed by atoms with van der Waals surface area (Å²) in [5.41, 5.74) is 0. The minimum atomic E-state index is 0.540. The maximum absolute atomic E-state index is 5.88. The smallest absolute Gasteiger partial charge is 0.120 e. The topological polar surface area (TPSA) is 21.3 Å². The second kappa shape index (κ2) is 5.06. The Morgan fingerprint density at radius 3 is 2.87 bits per heavy atom. The van der Waals surface area contributed by atoms with E-state index in [1.165, 1.54) is 6.42 Å². The lowest BCUT2D eigenvalue weighted by molar-refractivity contribution is 0.260. The van der Waals surface area contributed by atoms with Crippen molar-refractivity contribution in [3.05, 3.63) is 28.2 Å². The molecule has 0 amide bonds. The molecule has 1 saturated heterocycles. The third kappa shape index (κ3) is 3.00. The van der Waals surface area contributed by atoms with Crippen LogP contribution in [0.1, 0.15) is 6.42 Å². The summed E-state index contributed by atoms with van der Waals surface area (Å²) in [5, 5.41) is 4.40. The fourth-order valence-corrected chi connectivity index (χ4v) is 1.93. The van der Waals surface area contributed by atoms with Crippen LogP contribution in [0.25, 0.3) is 0 Å². The predicted molar refractivity (Wildman–Crippen MR) is 62.9 cm³/mol. The number of rotatable bonds is 3. The molecule has 2 rings (SSSR count). The quantitative estimate of drug-likeness (QED) is 0.885. The van der Waals surface area contributed by atoms with Gasteiger partial charge in [-0.05, 0) is 25.1 Å². The van der Waals surface area contributed by atoms with Gasteiger partial charge in [-0.3, -0.25) is 0 Å². The molecule has 1 aliphatic heterocycles. The maximum Gasteiger partial charge on any atom is 0.120 e. The summed E-state index contributed by atoms with van der Waals surface area (Å²) in [6, 6.07) is 5.36. The van der Waals surface area contributed by atoms with Crippen LogP contribution in [0.15, 0.2) is 18.2 Å². The summed E-state index contributed by atoms with van der Waals surface area (Å²) in [4.78, 5) is 0. The monoisotopic (exact) mass is 245 g/mol. The van der Waals surface area contributed by atoms with E-state index in [9.17, 15) is 0 Å². The standard InChI is InChI=1S/C11H13Cl2NO/c12-10-2-1-9(5-11(10)13)15-7-8-3-4-14-6-8/h1-2,5,8,14H,3-4,6-7H2/t8-/m0/s1. The van der Waals surface area contributed by atoms with Gasteiger partial charge in [-0.1, -0.05) is 23.2 Å². The highest BCUT2D eigenvalue weighted by Gasteiger charge is 2.14. The molecule has 0 unspecified atom stereocenters. The van der Waals surface area contributed by atoms with Gasteiger partial charge in [-0.25, -0.2) is 0 Å². The van der Waals surface area contributed by atoms with Gasteiger partial charge >= 0.3 is 0 Å². The van der Waals surface area contributed by atoms with Gasteiger partial charge in [0.1, 0.15) is 5.75 Å². The first kappa shape index (κ1) is 11.1. The number of nitrogens with one attached hydrogen (secondary N) is 1. The van der Waals surface area contributed by atoms with Crippen molar-refractivity contribution < 1.29 is 4.74 Å². The molecule has 1 N–H and O–H groups in total. The van der Waals surface area contributed by atoms with Gasteiger partial charge in [0.15, 0.2) is 0 Å². The SMILES string of the molecule is Clc1ccc(OC[C@H]2CCNC2)cc1Cl. The summed E-state index contributed by atoms with van der Waals surface area (Å²) in [7, 11) is 0. The Labute approximate surface area is 99.5 Å². The normalized spacial score (nSPS) is 20.5. The van der Waals surface area contributed by atoms with Gasteiger partial charge in [-0.2, -0.15) is 0 Å². The highest BCUT2D eigenvalue weighted by Crippen LogP contribution is 2.26. The zero-order chi connectivity index (χ0) is 10.7. The second-order valence-electron chi connectivity index (χ2n) is 3.75. The summed E-state index contributed by atoms with van der Waals surface area (Å²) in [6.07, 6.45) is 1.18. The minimum Gasteiger partial charge on any atom is -0.493 e. The van der Waals surface area contributed by atoms with Gasteiger partial charge in [-0.15, -0.1) is 0 Å². The summed E-state index contributed by atoms with van der Waals surface area (Å²) < 4.78 is 5.64. The summed E-state index contributed by atoms with van der Waals surface area (Å²) in [6.45, 7) is 2.88. The first-order valence-electron chi connectivity index (χ1n) is 5.04. The number of ether oxygens (including phenoxy) is 1. The number of hydrogen-bond donors (Lipinski definition) is 1. The van der Waals surface area contributed by atoms with Crippen LogP contribution in [0.3, 0.4) is 0 Å². The summed E-state index contributed by atoms with van der Waals surface area (Å²) in [5.74, 6) is 1.40. The lowest BCUT2D eigenvalue weighted by Crippen LogP contribution is -2.15. The Morgan fingerprint density at radius 2 is 2.20 bits per heavy atom. The molecule has 0 saturated carbocycles. The first-order chi connectivity index (χ1) is 7.25. The highest BCUT2D eigenvalue weighted by molar-refractivity contribution is 6.42. The van der Waals surface area contributed by atoms with Crippen LogP contribution in [-0.4, -0.2) is 19.7 Å². The van der Waals surface area contributed by atoms with Crippen molar-refractivity contribution in [2.24, 2.45) is 5.92 Å². The van der Waals surface area contributed by atoms with E-state index < -0.39 is 0 Å². The molecule has 15 heavy (non-hydrogen) atoms. The van der Waals surface area contributed by atoms with Crippen LogP contribution < -0.4 is 10.1 Å². The van der Waals surface area contributed by atoms with Crippen molar-refractivity contribution in [3.63, 3.8) is 0 Å². The van der Waals surface area contributed by atoms with E-state index in [1.807, 2.05) is 6.07 Å². The van der Waals surface area contributed by atoms with Gasteiger partial charge < -0.3 is 10.1 Å². The van der Waals surface area contributed by atoms with Crippen LogP contribution in [0.5, 0.6) is 5.75 Å². The van der Waals surface area contributed by atoms with Gasteiger partial charge in [0.05, 0.1) is 16.7 Å². The van der Waals surface area contributed by atoms with E-state index in [0.717, 1.165) is 25.4 Å². The maximum atomic E-state index is 5.88. The van der Waals surface area contributed by atoms with Crippen LogP contribution in [0.4, 0.5) is 0 Å². The lowest BCUT2D eigenvalue weighted by atomic mass is 10.1. The molecule has 1 aromatic carbocycles. The van der Waals surface area contributed by atoms with Gasteiger partial charge in [0, 0.05) is 18.5 Å². The lowest BCUT2D eigenvalue weighted by Gasteiger charge is -2.11. The molecule has 0 aromatic heterocycles. The van der Waals surface area contributed by atoms with Crippen molar-refractivity contribution in [2.45, 2.75) is 6.42 Å². The molecule has 1 atom stereocenters. The number of halogens is 2. The van der Waals surface area contributed by atoms with Crippen LogP contribution in [0, 0.1) is 5.92 Å². The molecule has 1 heterocycles. The molecule has 82 valence electrons. The Hall–Kier alpha value is -0.440. The third-order valence-corrected chi connectivity index (χ3v) is 3.28. The van der Waals surface area contributed by atoms with Crippen LogP contribution in [-0.2, 0) is 0 Å². The Bertz CT molecular complexity index is 337. The minimum absolute atomic E-state index is 0.540. The molecule has 1 aromatic rings. The molecule has 0 aliphatic carbocycles. The third-order valence-electron chi connectivity index (χ3n) is 2.54. The molecule has 4 heteroatoms. The average molecular weight is 246 g/mol. The Kier molecular flexibility index (Phi) is 3.73. The fourth-order valence-electron chi connectivity index (χ4n) is 1.64. The van der Waals surface area contributed by atoms with Crippen molar-refractivity contribution in [3.8, 4) is 5.75 Å². The molecule has 1 fully saturated rings. The summed E-state index contributed by atoms with van der Waals surface area (Å²) >= 11 is 11.7.